The summed E-state index contributed by atoms with van der Waals surface area (Å²) in [6.45, 7) is 10.7. The van der Waals surface area contributed by atoms with Gasteiger partial charge in [-0.2, -0.15) is 5.10 Å². The van der Waals surface area contributed by atoms with E-state index in [1.54, 1.807) is 21.7 Å². The van der Waals surface area contributed by atoms with E-state index in [-0.39, 0.29) is 29.7 Å². The fourth-order valence-corrected chi connectivity index (χ4v) is 4.09. The zero-order chi connectivity index (χ0) is 25.6. The van der Waals surface area contributed by atoms with Crippen LogP contribution in [-0.4, -0.2) is 39.6 Å². The van der Waals surface area contributed by atoms with E-state index in [9.17, 15) is 9.59 Å². The molecule has 3 aromatic rings. The lowest BCUT2D eigenvalue weighted by molar-refractivity contribution is -0.136. The molecule has 6 nitrogen and oxygen atoms in total. The van der Waals surface area contributed by atoms with Crippen LogP contribution in [0.15, 0.2) is 60.7 Å². The largest absolute Gasteiger partial charge is 0.333 e. The Balaban J connectivity index is 1.84. The van der Waals surface area contributed by atoms with Crippen LogP contribution >= 0.6 is 11.6 Å². The highest BCUT2D eigenvalue weighted by atomic mass is 35.5. The molecule has 0 aliphatic carbocycles. The summed E-state index contributed by atoms with van der Waals surface area (Å²) >= 11 is 6.06. The normalized spacial score (nSPS) is 12.3. The Morgan fingerprint density at radius 1 is 1.06 bits per heavy atom. The SMILES string of the molecule is CCCN(CC(=O)Nc1cc(C(C)(C)C)nn1-c1ccc(Cl)cc1)C(=O)C(CC)c1ccccc1. The summed E-state index contributed by atoms with van der Waals surface area (Å²) in [5, 5.41) is 8.36. The molecule has 7 heteroatoms. The smallest absolute Gasteiger partial charge is 0.245 e. The first-order valence-electron chi connectivity index (χ1n) is 12.1. The van der Waals surface area contributed by atoms with Crippen LogP contribution in [0.25, 0.3) is 5.69 Å². The second-order valence-electron chi connectivity index (χ2n) is 9.73. The van der Waals surface area contributed by atoms with E-state index in [0.717, 1.165) is 23.4 Å². The van der Waals surface area contributed by atoms with Gasteiger partial charge >= 0.3 is 0 Å². The minimum Gasteiger partial charge on any atom is -0.333 e. The molecule has 0 aliphatic heterocycles. The molecule has 0 saturated heterocycles. The number of carbonyl (C=O) groups excluding carboxylic acids is 2. The van der Waals surface area contributed by atoms with Gasteiger partial charge in [0.05, 0.1) is 23.8 Å². The van der Waals surface area contributed by atoms with Crippen molar-refractivity contribution in [3.63, 3.8) is 0 Å². The van der Waals surface area contributed by atoms with Gasteiger partial charge in [-0.15, -0.1) is 0 Å². The number of hydrogen-bond donors (Lipinski definition) is 1. The van der Waals surface area contributed by atoms with Gasteiger partial charge < -0.3 is 10.2 Å². The van der Waals surface area contributed by atoms with Gasteiger partial charge in [-0.3, -0.25) is 9.59 Å². The summed E-state index contributed by atoms with van der Waals surface area (Å²) in [4.78, 5) is 28.3. The molecule has 3 rings (SSSR count). The van der Waals surface area contributed by atoms with Crippen LogP contribution in [0, 0.1) is 0 Å². The quantitative estimate of drug-likeness (QED) is 0.385. The number of benzene rings is 2. The van der Waals surface area contributed by atoms with Gasteiger partial charge in [-0.05, 0) is 42.7 Å². The van der Waals surface area contributed by atoms with Crippen LogP contribution in [0.1, 0.15) is 64.6 Å². The van der Waals surface area contributed by atoms with Crippen molar-refractivity contribution < 1.29 is 9.59 Å². The maximum absolute atomic E-state index is 13.4. The number of amides is 2. The van der Waals surface area contributed by atoms with Gasteiger partial charge in [-0.1, -0.05) is 76.6 Å². The molecule has 0 fully saturated rings. The molecule has 1 heterocycles. The minimum absolute atomic E-state index is 0.0212. The van der Waals surface area contributed by atoms with Crippen molar-refractivity contribution in [2.45, 2.75) is 58.8 Å². The Bertz CT molecular complexity index is 1130. The van der Waals surface area contributed by atoms with Crippen molar-refractivity contribution in [1.29, 1.82) is 0 Å². The van der Waals surface area contributed by atoms with Crippen molar-refractivity contribution >= 4 is 29.2 Å². The summed E-state index contributed by atoms with van der Waals surface area (Å²) in [5.74, 6) is -0.00791. The summed E-state index contributed by atoms with van der Waals surface area (Å²) < 4.78 is 1.71. The number of rotatable bonds is 9. The van der Waals surface area contributed by atoms with Gasteiger partial charge in [0.25, 0.3) is 0 Å². The minimum atomic E-state index is -0.275. The van der Waals surface area contributed by atoms with Crippen molar-refractivity contribution in [2.24, 2.45) is 0 Å². The average Bonchev–Trinajstić information content (AvgIpc) is 3.24. The van der Waals surface area contributed by atoms with Gasteiger partial charge in [0.2, 0.25) is 11.8 Å². The molecule has 0 aliphatic rings. The molecular formula is C28H35ClN4O2. The van der Waals surface area contributed by atoms with Gasteiger partial charge in [-0.25, -0.2) is 4.68 Å². The van der Waals surface area contributed by atoms with Crippen LogP contribution in [0.3, 0.4) is 0 Å². The molecule has 2 aromatic carbocycles. The fourth-order valence-electron chi connectivity index (χ4n) is 3.97. The zero-order valence-corrected chi connectivity index (χ0v) is 22.0. The first kappa shape index (κ1) is 26.5. The molecule has 1 atom stereocenters. The molecule has 1 unspecified atom stereocenters. The van der Waals surface area contributed by atoms with Crippen LogP contribution in [0.5, 0.6) is 0 Å². The average molecular weight is 495 g/mol. The predicted octanol–water partition coefficient (Wildman–Crippen LogP) is 6.19. The Labute approximate surface area is 213 Å². The highest BCUT2D eigenvalue weighted by molar-refractivity contribution is 6.30. The summed E-state index contributed by atoms with van der Waals surface area (Å²) in [6, 6.07) is 18.9. The number of nitrogens with zero attached hydrogens (tertiary/aromatic N) is 3. The van der Waals surface area contributed by atoms with E-state index in [4.69, 9.17) is 16.7 Å². The third kappa shape index (κ3) is 6.73. The molecule has 2 amide bonds. The Morgan fingerprint density at radius 3 is 2.29 bits per heavy atom. The maximum Gasteiger partial charge on any atom is 0.245 e. The lowest BCUT2D eigenvalue weighted by atomic mass is 9.92. The van der Waals surface area contributed by atoms with Gasteiger partial charge in [0.1, 0.15) is 5.82 Å². The van der Waals surface area contributed by atoms with Gasteiger partial charge in [0.15, 0.2) is 0 Å². The molecule has 0 spiro atoms. The second kappa shape index (κ2) is 11.5. The number of aromatic nitrogens is 2. The molecular weight excluding hydrogens is 460 g/mol. The van der Waals surface area contributed by atoms with Gasteiger partial charge in [0, 0.05) is 23.0 Å². The van der Waals surface area contributed by atoms with E-state index in [0.29, 0.717) is 23.8 Å². The molecule has 186 valence electrons. The Kier molecular flexibility index (Phi) is 8.73. The number of nitrogens with one attached hydrogen (secondary N) is 1. The van der Waals surface area contributed by atoms with E-state index in [1.807, 2.05) is 62.4 Å². The lowest BCUT2D eigenvalue weighted by Crippen LogP contribution is -2.41. The highest BCUT2D eigenvalue weighted by Gasteiger charge is 2.27. The molecule has 0 saturated carbocycles. The molecule has 35 heavy (non-hydrogen) atoms. The van der Waals surface area contributed by atoms with Crippen molar-refractivity contribution in [1.82, 2.24) is 14.7 Å². The van der Waals surface area contributed by atoms with Crippen LogP contribution in [0.2, 0.25) is 5.02 Å². The number of carbonyl (C=O) groups is 2. The van der Waals surface area contributed by atoms with E-state index >= 15 is 0 Å². The first-order valence-corrected chi connectivity index (χ1v) is 12.5. The first-order chi connectivity index (χ1) is 16.6. The highest BCUT2D eigenvalue weighted by Crippen LogP contribution is 2.27. The lowest BCUT2D eigenvalue weighted by Gasteiger charge is -2.26. The van der Waals surface area contributed by atoms with E-state index in [1.165, 1.54) is 0 Å². The van der Waals surface area contributed by atoms with Crippen LogP contribution in [0.4, 0.5) is 5.82 Å². The molecule has 0 radical (unpaired) electrons. The van der Waals surface area contributed by atoms with Crippen molar-refractivity contribution in [3.8, 4) is 5.69 Å². The predicted molar refractivity (Wildman–Crippen MR) is 142 cm³/mol. The van der Waals surface area contributed by atoms with Crippen molar-refractivity contribution in [3.05, 3.63) is 76.9 Å². The van der Waals surface area contributed by atoms with Crippen LogP contribution < -0.4 is 5.32 Å². The number of halogens is 1. The van der Waals surface area contributed by atoms with Crippen molar-refractivity contribution in [2.75, 3.05) is 18.4 Å². The van der Waals surface area contributed by atoms with E-state index in [2.05, 4.69) is 26.1 Å². The Hall–Kier alpha value is -3.12. The summed E-state index contributed by atoms with van der Waals surface area (Å²) in [7, 11) is 0. The van der Waals surface area contributed by atoms with Crippen LogP contribution in [-0.2, 0) is 15.0 Å². The zero-order valence-electron chi connectivity index (χ0n) is 21.2. The topological polar surface area (TPSA) is 67.2 Å². The third-order valence-corrected chi connectivity index (χ3v) is 6.12. The third-order valence-electron chi connectivity index (χ3n) is 5.86. The summed E-state index contributed by atoms with van der Waals surface area (Å²) in [5.41, 5.74) is 2.40. The number of hydrogen-bond acceptors (Lipinski definition) is 3. The van der Waals surface area contributed by atoms with E-state index < -0.39 is 0 Å². The standard InChI is InChI=1S/C28H35ClN4O2/c1-6-17-32(27(35)23(7-2)20-11-9-8-10-12-20)19-26(34)30-25-18-24(28(3,4)5)31-33(25)22-15-13-21(29)14-16-22/h8-16,18,23H,6-7,17,19H2,1-5H3,(H,30,34). The number of anilines is 1. The second-order valence-corrected chi connectivity index (χ2v) is 10.2. The summed E-state index contributed by atoms with van der Waals surface area (Å²) in [6.07, 6.45) is 1.43. The fraction of sp³-hybridized carbons (Fsp3) is 0.393. The Morgan fingerprint density at radius 2 is 1.71 bits per heavy atom. The molecule has 1 N–H and O–H groups in total. The monoisotopic (exact) mass is 494 g/mol. The molecule has 0 bridgehead atoms. The molecule has 1 aromatic heterocycles. The maximum atomic E-state index is 13.4.